The molecule has 1 atom stereocenters. The maximum atomic E-state index is 10.4. The first-order valence-electron chi connectivity index (χ1n) is 7.04. The predicted octanol–water partition coefficient (Wildman–Crippen LogP) is 6.40. The molecule has 0 fully saturated rings. The van der Waals surface area contributed by atoms with E-state index >= 15 is 0 Å². The molecule has 0 aliphatic rings. The summed E-state index contributed by atoms with van der Waals surface area (Å²) in [6.07, 6.45) is -0.665. The van der Waals surface area contributed by atoms with Crippen molar-refractivity contribution in [2.45, 2.75) is 6.10 Å². The molecule has 1 N–H and O–H groups in total. The van der Waals surface area contributed by atoms with Gasteiger partial charge in [0.1, 0.15) is 6.10 Å². The van der Waals surface area contributed by atoms with E-state index in [1.165, 1.54) is 0 Å². The Morgan fingerprint density at radius 1 is 0.696 bits per heavy atom. The summed E-state index contributed by atoms with van der Waals surface area (Å²) >= 11 is 18.4. The highest BCUT2D eigenvalue weighted by molar-refractivity contribution is 6.41. The lowest BCUT2D eigenvalue weighted by molar-refractivity contribution is 0.220. The fourth-order valence-electron chi connectivity index (χ4n) is 2.48. The molecule has 0 saturated heterocycles. The van der Waals surface area contributed by atoms with Crippen molar-refractivity contribution in [3.05, 3.63) is 92.9 Å². The van der Waals surface area contributed by atoms with Crippen molar-refractivity contribution in [3.8, 4) is 11.1 Å². The molecule has 0 saturated carbocycles. The second kappa shape index (κ2) is 6.94. The smallest absolute Gasteiger partial charge is 0.104 e. The van der Waals surface area contributed by atoms with Gasteiger partial charge in [-0.25, -0.2) is 0 Å². The number of halogens is 3. The van der Waals surface area contributed by atoms with Crippen molar-refractivity contribution < 1.29 is 5.11 Å². The van der Waals surface area contributed by atoms with Gasteiger partial charge in [0, 0.05) is 10.6 Å². The van der Waals surface area contributed by atoms with Crippen LogP contribution in [0.4, 0.5) is 0 Å². The maximum absolute atomic E-state index is 10.4. The van der Waals surface area contributed by atoms with Crippen LogP contribution in [0.25, 0.3) is 11.1 Å². The molecule has 0 aromatic heterocycles. The van der Waals surface area contributed by atoms with Crippen LogP contribution in [0.1, 0.15) is 17.2 Å². The fraction of sp³-hybridized carbons (Fsp3) is 0.0526. The first kappa shape index (κ1) is 16.4. The molecule has 23 heavy (non-hydrogen) atoms. The zero-order chi connectivity index (χ0) is 16.4. The van der Waals surface area contributed by atoms with Gasteiger partial charge in [0.15, 0.2) is 0 Å². The molecule has 0 aliphatic carbocycles. The van der Waals surface area contributed by atoms with Crippen LogP contribution >= 0.6 is 34.8 Å². The van der Waals surface area contributed by atoms with Gasteiger partial charge in [-0.2, -0.15) is 0 Å². The van der Waals surface area contributed by atoms with Crippen LogP contribution in [-0.4, -0.2) is 5.11 Å². The highest BCUT2D eigenvalue weighted by Crippen LogP contribution is 2.37. The number of aliphatic hydroxyl groups excluding tert-OH is 1. The van der Waals surface area contributed by atoms with Crippen LogP contribution in [0.2, 0.25) is 15.1 Å². The topological polar surface area (TPSA) is 20.2 Å². The molecule has 0 bridgehead atoms. The molecule has 116 valence electrons. The van der Waals surface area contributed by atoms with Gasteiger partial charge in [0.05, 0.1) is 10.0 Å². The van der Waals surface area contributed by atoms with Gasteiger partial charge in [-0.05, 0) is 28.8 Å². The van der Waals surface area contributed by atoms with Crippen LogP contribution < -0.4 is 0 Å². The standard InChI is InChI=1S/C19H13Cl3O/c20-15-10-16(21)18(17(22)11-15)12-6-8-14(9-7-12)19(23)13-4-2-1-3-5-13/h1-11,19,23H. The minimum Gasteiger partial charge on any atom is -0.384 e. The summed E-state index contributed by atoms with van der Waals surface area (Å²) in [5.74, 6) is 0. The molecule has 3 rings (SSSR count). The van der Waals surface area contributed by atoms with Crippen LogP contribution in [-0.2, 0) is 0 Å². The Bertz CT molecular complexity index is 791. The molecule has 1 unspecified atom stereocenters. The van der Waals surface area contributed by atoms with E-state index in [2.05, 4.69) is 0 Å². The highest BCUT2D eigenvalue weighted by atomic mass is 35.5. The normalized spacial score (nSPS) is 12.2. The predicted molar refractivity (Wildman–Crippen MR) is 97.4 cm³/mol. The summed E-state index contributed by atoms with van der Waals surface area (Å²) in [5.41, 5.74) is 3.27. The lowest BCUT2D eigenvalue weighted by Gasteiger charge is -2.13. The van der Waals surface area contributed by atoms with Gasteiger partial charge in [-0.3, -0.25) is 0 Å². The lowest BCUT2D eigenvalue weighted by atomic mass is 9.98. The van der Waals surface area contributed by atoms with Gasteiger partial charge < -0.3 is 5.11 Å². The SMILES string of the molecule is OC(c1ccccc1)c1ccc(-c2c(Cl)cc(Cl)cc2Cl)cc1. The van der Waals surface area contributed by atoms with E-state index in [-0.39, 0.29) is 0 Å². The van der Waals surface area contributed by atoms with Crippen molar-refractivity contribution in [2.75, 3.05) is 0 Å². The Balaban J connectivity index is 1.94. The molecule has 0 heterocycles. The van der Waals surface area contributed by atoms with Crippen LogP contribution in [0.3, 0.4) is 0 Å². The van der Waals surface area contributed by atoms with Crippen LogP contribution in [0.5, 0.6) is 0 Å². The number of aliphatic hydroxyl groups is 1. The van der Waals surface area contributed by atoms with Gasteiger partial charge in [-0.15, -0.1) is 0 Å². The first-order valence-corrected chi connectivity index (χ1v) is 8.17. The quantitative estimate of drug-likeness (QED) is 0.571. The number of rotatable bonds is 3. The third-order valence-electron chi connectivity index (χ3n) is 3.64. The van der Waals surface area contributed by atoms with E-state index in [0.717, 1.165) is 22.3 Å². The summed E-state index contributed by atoms with van der Waals surface area (Å²) in [7, 11) is 0. The summed E-state index contributed by atoms with van der Waals surface area (Å²) in [5, 5.41) is 11.9. The molecule has 0 radical (unpaired) electrons. The zero-order valence-electron chi connectivity index (χ0n) is 12.0. The van der Waals surface area contributed by atoms with Gasteiger partial charge >= 0.3 is 0 Å². The second-order valence-corrected chi connectivity index (χ2v) is 6.43. The fourth-order valence-corrected chi connectivity index (χ4v) is 3.51. The molecule has 1 nitrogen and oxygen atoms in total. The number of benzene rings is 3. The molecule has 3 aromatic carbocycles. The summed E-state index contributed by atoms with van der Waals surface area (Å²) < 4.78 is 0. The maximum Gasteiger partial charge on any atom is 0.104 e. The Morgan fingerprint density at radius 3 is 1.78 bits per heavy atom. The van der Waals surface area contributed by atoms with E-state index in [0.29, 0.717) is 15.1 Å². The highest BCUT2D eigenvalue weighted by Gasteiger charge is 2.13. The first-order chi connectivity index (χ1) is 11.1. The van der Waals surface area contributed by atoms with Gasteiger partial charge in [0.25, 0.3) is 0 Å². The van der Waals surface area contributed by atoms with Crippen LogP contribution in [0, 0.1) is 0 Å². The van der Waals surface area contributed by atoms with Crippen molar-refractivity contribution in [2.24, 2.45) is 0 Å². The van der Waals surface area contributed by atoms with E-state index in [4.69, 9.17) is 34.8 Å². The number of hydrogen-bond donors (Lipinski definition) is 1. The molecular weight excluding hydrogens is 351 g/mol. The lowest BCUT2D eigenvalue weighted by Crippen LogP contribution is -1.99. The summed E-state index contributed by atoms with van der Waals surface area (Å²) in [4.78, 5) is 0. The molecule has 0 amide bonds. The molecule has 4 heteroatoms. The Kier molecular flexibility index (Phi) is 4.93. The molecule has 3 aromatic rings. The largest absolute Gasteiger partial charge is 0.384 e. The number of hydrogen-bond acceptors (Lipinski definition) is 1. The average molecular weight is 364 g/mol. The van der Waals surface area contributed by atoms with Gasteiger partial charge in [0.2, 0.25) is 0 Å². The zero-order valence-corrected chi connectivity index (χ0v) is 14.3. The summed E-state index contributed by atoms with van der Waals surface area (Å²) in [6.45, 7) is 0. The molecular formula is C19H13Cl3O. The Hall–Kier alpha value is -1.51. The van der Waals surface area contributed by atoms with E-state index in [9.17, 15) is 5.11 Å². The Morgan fingerprint density at radius 2 is 1.22 bits per heavy atom. The minimum absolute atomic E-state index is 0.499. The molecule has 0 spiro atoms. The van der Waals surface area contributed by atoms with Crippen molar-refractivity contribution in [1.29, 1.82) is 0 Å². The van der Waals surface area contributed by atoms with E-state index < -0.39 is 6.10 Å². The van der Waals surface area contributed by atoms with Crippen molar-refractivity contribution >= 4 is 34.8 Å². The Labute approximate surface area is 150 Å². The monoisotopic (exact) mass is 362 g/mol. The van der Waals surface area contributed by atoms with Crippen LogP contribution in [0.15, 0.2) is 66.7 Å². The third kappa shape index (κ3) is 3.54. The summed E-state index contributed by atoms with van der Waals surface area (Å²) in [6, 6.07) is 20.4. The molecule has 0 aliphatic heterocycles. The van der Waals surface area contributed by atoms with Crippen molar-refractivity contribution in [1.82, 2.24) is 0 Å². The van der Waals surface area contributed by atoms with E-state index in [1.54, 1.807) is 12.1 Å². The third-order valence-corrected chi connectivity index (χ3v) is 4.45. The minimum atomic E-state index is -0.665. The van der Waals surface area contributed by atoms with Crippen molar-refractivity contribution in [3.63, 3.8) is 0 Å². The van der Waals surface area contributed by atoms with Gasteiger partial charge in [-0.1, -0.05) is 89.4 Å². The van der Waals surface area contributed by atoms with E-state index in [1.807, 2.05) is 54.6 Å². The second-order valence-electron chi connectivity index (χ2n) is 5.18. The average Bonchev–Trinajstić information content (AvgIpc) is 2.55.